The normalized spacial score (nSPS) is 21.8. The van der Waals surface area contributed by atoms with Crippen LogP contribution in [0, 0.1) is 0 Å². The van der Waals surface area contributed by atoms with Crippen LogP contribution < -0.4 is 10.5 Å². The van der Waals surface area contributed by atoms with Gasteiger partial charge in [-0.1, -0.05) is 6.04 Å². The Hall–Kier alpha value is -1.22. The fourth-order valence-corrected chi connectivity index (χ4v) is 0.683. The third-order valence-electron chi connectivity index (χ3n) is 1.19. The van der Waals surface area contributed by atoms with Crippen LogP contribution in [-0.4, -0.2) is 18.6 Å². The SMILES string of the molecule is [2H]c1c([2H])c(CC([2H])([2H])N)c([2H])c(OC([2H])([2H])[2H])c1O. The van der Waals surface area contributed by atoms with Crippen LogP contribution in [0.4, 0.5) is 0 Å². The third kappa shape index (κ3) is 1.89. The molecular weight excluding hydrogens is 154 g/mol. The number of hydrogen-bond acceptors (Lipinski definition) is 3. The van der Waals surface area contributed by atoms with Gasteiger partial charge in [0.2, 0.25) is 0 Å². The van der Waals surface area contributed by atoms with Crippen LogP contribution in [0.25, 0.3) is 0 Å². The van der Waals surface area contributed by atoms with Crippen molar-refractivity contribution < 1.29 is 20.8 Å². The monoisotopic (exact) mass is 175 g/mol. The van der Waals surface area contributed by atoms with E-state index in [4.69, 9.17) is 16.7 Å². The van der Waals surface area contributed by atoms with E-state index in [-0.39, 0.29) is 5.56 Å². The molecule has 0 unspecified atom stereocenters. The number of benzene rings is 1. The summed E-state index contributed by atoms with van der Waals surface area (Å²) in [5, 5.41) is 9.62. The van der Waals surface area contributed by atoms with E-state index in [1.54, 1.807) is 0 Å². The Morgan fingerprint density at radius 3 is 3.33 bits per heavy atom. The number of hydrogen-bond donors (Lipinski definition) is 2. The van der Waals surface area contributed by atoms with Crippen molar-refractivity contribution in [1.82, 2.24) is 0 Å². The first kappa shape index (κ1) is 2.92. The Kier molecular flexibility index (Phi) is 0.967. The molecule has 3 heteroatoms. The minimum Gasteiger partial charge on any atom is -0.504 e. The molecule has 0 aliphatic carbocycles. The molecule has 0 amide bonds. The second kappa shape index (κ2) is 3.97. The molecule has 0 saturated carbocycles. The number of phenolic OH excluding ortho intramolecular Hbond substituents is 1. The Labute approximate surface area is 83.0 Å². The molecule has 0 heterocycles. The lowest BCUT2D eigenvalue weighted by Gasteiger charge is -2.05. The van der Waals surface area contributed by atoms with Gasteiger partial charge in [0.15, 0.2) is 11.5 Å². The quantitative estimate of drug-likeness (QED) is 0.717. The Morgan fingerprint density at radius 2 is 2.67 bits per heavy atom. The van der Waals surface area contributed by atoms with Crippen LogP contribution in [0.2, 0.25) is 0 Å². The molecular formula is C9H13NO2. The van der Waals surface area contributed by atoms with Gasteiger partial charge in [0.05, 0.1) is 15.3 Å². The lowest BCUT2D eigenvalue weighted by Crippen LogP contribution is -2.02. The molecule has 0 atom stereocenters. The second-order valence-corrected chi connectivity index (χ2v) is 2.01. The molecule has 66 valence electrons. The standard InChI is InChI=1S/C9H13NO2/c1-12-9-6-7(4-5-10)2-3-8(9)11/h2-3,6,11H,4-5,10H2,1H3/i1D3,2D,3D,5D2,6D. The predicted molar refractivity (Wildman–Crippen MR) is 47.4 cm³/mol. The summed E-state index contributed by atoms with van der Waals surface area (Å²) in [5.74, 6) is -1.73. The number of methoxy groups -OCH3 is 1. The van der Waals surface area contributed by atoms with Gasteiger partial charge in [-0.15, -0.1) is 0 Å². The van der Waals surface area contributed by atoms with E-state index in [9.17, 15) is 5.11 Å². The third-order valence-corrected chi connectivity index (χ3v) is 1.19. The molecule has 12 heavy (non-hydrogen) atoms. The van der Waals surface area contributed by atoms with Gasteiger partial charge in [-0.25, -0.2) is 0 Å². The number of rotatable bonds is 3. The van der Waals surface area contributed by atoms with E-state index in [1.165, 1.54) is 0 Å². The van der Waals surface area contributed by atoms with E-state index >= 15 is 0 Å². The fourth-order valence-electron chi connectivity index (χ4n) is 0.683. The van der Waals surface area contributed by atoms with Crippen LogP contribution >= 0.6 is 0 Å². The molecule has 0 aromatic heterocycles. The van der Waals surface area contributed by atoms with E-state index in [2.05, 4.69) is 4.74 Å². The summed E-state index contributed by atoms with van der Waals surface area (Å²) >= 11 is 0. The van der Waals surface area contributed by atoms with Gasteiger partial charge in [-0.3, -0.25) is 0 Å². The van der Waals surface area contributed by atoms with Crippen LogP contribution in [0.1, 0.15) is 16.5 Å². The van der Waals surface area contributed by atoms with Crippen molar-refractivity contribution >= 4 is 0 Å². The van der Waals surface area contributed by atoms with Gasteiger partial charge in [-0.05, 0) is 30.6 Å². The maximum atomic E-state index is 9.62. The highest BCUT2D eigenvalue weighted by molar-refractivity contribution is 5.41. The molecule has 0 radical (unpaired) electrons. The van der Waals surface area contributed by atoms with Crippen molar-refractivity contribution in [3.63, 3.8) is 0 Å². The summed E-state index contributed by atoms with van der Waals surface area (Å²) in [6.45, 7) is -2.26. The first-order valence-corrected chi connectivity index (χ1v) is 3.13. The van der Waals surface area contributed by atoms with Crippen molar-refractivity contribution in [3.8, 4) is 11.5 Å². The highest BCUT2D eigenvalue weighted by Crippen LogP contribution is 2.26. The molecule has 0 spiro atoms. The van der Waals surface area contributed by atoms with Crippen LogP contribution in [-0.2, 0) is 6.42 Å². The predicted octanol–water partition coefficient (Wildman–Crippen LogP) is 0.902. The summed E-state index contributed by atoms with van der Waals surface area (Å²) in [5.41, 5.74) is 4.86. The molecule has 0 aliphatic heterocycles. The average Bonchev–Trinajstić information content (AvgIpc) is 2.25. The molecule has 3 nitrogen and oxygen atoms in total. The number of ether oxygens (including phenoxy) is 1. The molecule has 3 N–H and O–H groups in total. The zero-order valence-electron chi connectivity index (χ0n) is 14.1. The van der Waals surface area contributed by atoms with Crippen LogP contribution in [0.3, 0.4) is 0 Å². The molecule has 0 aliphatic rings. The van der Waals surface area contributed by atoms with Crippen molar-refractivity contribution in [3.05, 3.63) is 23.7 Å². The number of aromatic hydroxyl groups is 1. The first-order chi connectivity index (χ1) is 8.83. The van der Waals surface area contributed by atoms with Crippen molar-refractivity contribution in [2.45, 2.75) is 6.42 Å². The van der Waals surface area contributed by atoms with E-state index in [0.717, 1.165) is 0 Å². The van der Waals surface area contributed by atoms with Gasteiger partial charge < -0.3 is 15.6 Å². The van der Waals surface area contributed by atoms with Gasteiger partial charge in [0, 0.05) is 2.74 Å². The zero-order chi connectivity index (χ0) is 15.9. The number of nitrogens with two attached hydrogens (primary N) is 1. The molecule has 0 bridgehead atoms. The minimum atomic E-state index is -2.96. The largest absolute Gasteiger partial charge is 0.504 e. The van der Waals surface area contributed by atoms with E-state index < -0.39 is 49.6 Å². The zero-order valence-corrected chi connectivity index (χ0v) is 6.14. The Balaban J connectivity index is 3.47. The highest BCUT2D eigenvalue weighted by Gasteiger charge is 2.00. The maximum absolute atomic E-state index is 9.62. The van der Waals surface area contributed by atoms with E-state index in [1.807, 2.05) is 0 Å². The van der Waals surface area contributed by atoms with Crippen molar-refractivity contribution in [2.24, 2.45) is 5.73 Å². The molecule has 1 aromatic rings. The van der Waals surface area contributed by atoms with Gasteiger partial charge >= 0.3 is 0 Å². The van der Waals surface area contributed by atoms with Crippen LogP contribution in [0.5, 0.6) is 11.5 Å². The lowest BCUT2D eigenvalue weighted by molar-refractivity contribution is 0.373. The average molecular weight is 175 g/mol. The van der Waals surface area contributed by atoms with Crippen molar-refractivity contribution in [1.29, 1.82) is 0 Å². The van der Waals surface area contributed by atoms with E-state index in [0.29, 0.717) is 0 Å². The molecule has 1 rings (SSSR count). The summed E-state index contributed by atoms with van der Waals surface area (Å²) < 4.78 is 62.6. The second-order valence-electron chi connectivity index (χ2n) is 2.01. The minimum absolute atomic E-state index is 0.306. The van der Waals surface area contributed by atoms with Gasteiger partial charge in [0.25, 0.3) is 0 Å². The first-order valence-electron chi connectivity index (χ1n) is 7.13. The fraction of sp³-hybridized carbons (Fsp3) is 0.333. The lowest BCUT2D eigenvalue weighted by atomic mass is 10.1. The van der Waals surface area contributed by atoms with Gasteiger partial charge in [0.1, 0.15) is 0 Å². The molecule has 1 aromatic carbocycles. The topological polar surface area (TPSA) is 55.5 Å². The Morgan fingerprint density at radius 1 is 1.83 bits per heavy atom. The van der Waals surface area contributed by atoms with Crippen molar-refractivity contribution in [2.75, 3.05) is 13.5 Å². The van der Waals surface area contributed by atoms with Crippen LogP contribution in [0.15, 0.2) is 18.1 Å². The highest BCUT2D eigenvalue weighted by atomic mass is 16.5. The summed E-state index contributed by atoms with van der Waals surface area (Å²) in [6.07, 6.45) is -0.589. The smallest absolute Gasteiger partial charge is 0.160 e. The maximum Gasteiger partial charge on any atom is 0.160 e. The molecule has 0 fully saturated rings. The Bertz CT molecular complexity index is 479. The summed E-state index contributed by atoms with van der Waals surface area (Å²) in [7, 11) is -2.96. The summed E-state index contributed by atoms with van der Waals surface area (Å²) in [4.78, 5) is 0. The molecule has 0 saturated heterocycles. The summed E-state index contributed by atoms with van der Waals surface area (Å²) in [6, 6.07) is -2.02. The number of phenols is 1. The van der Waals surface area contributed by atoms with Gasteiger partial charge in [-0.2, -0.15) is 0 Å².